The van der Waals surface area contributed by atoms with Crippen LogP contribution in [0.4, 0.5) is 11.5 Å². The van der Waals surface area contributed by atoms with E-state index in [0.29, 0.717) is 12.1 Å². The monoisotopic (exact) mass is 362 g/mol. The van der Waals surface area contributed by atoms with Crippen molar-refractivity contribution < 1.29 is 4.79 Å². The molecular weight excluding hydrogens is 340 g/mol. The second-order valence-electron chi connectivity index (χ2n) is 6.57. The maximum atomic E-state index is 10.5. The zero-order valence-electron chi connectivity index (χ0n) is 15.0. The van der Waals surface area contributed by atoms with Crippen LogP contribution in [0, 0.1) is 0 Å². The number of imidazole rings is 1. The van der Waals surface area contributed by atoms with Crippen LogP contribution in [0.2, 0.25) is 0 Å². The lowest BCUT2D eigenvalue weighted by molar-refractivity contribution is -0.105. The molecule has 1 aliphatic heterocycles. The van der Waals surface area contributed by atoms with E-state index in [1.807, 2.05) is 29.2 Å². The maximum absolute atomic E-state index is 10.5. The van der Waals surface area contributed by atoms with Crippen LogP contribution < -0.4 is 10.2 Å². The second-order valence-corrected chi connectivity index (χ2v) is 6.57. The molecule has 1 saturated heterocycles. The van der Waals surface area contributed by atoms with E-state index in [-0.39, 0.29) is 0 Å². The molecular formula is C20H22N6O. The zero-order chi connectivity index (χ0) is 18.5. The number of hydrogen-bond acceptors (Lipinski definition) is 5. The van der Waals surface area contributed by atoms with Gasteiger partial charge in [-0.05, 0) is 29.8 Å². The van der Waals surface area contributed by atoms with Crippen LogP contribution in [0.3, 0.4) is 0 Å². The zero-order valence-corrected chi connectivity index (χ0v) is 15.0. The summed E-state index contributed by atoms with van der Waals surface area (Å²) in [6.07, 6.45) is 7.90. The molecule has 3 heterocycles. The van der Waals surface area contributed by atoms with Gasteiger partial charge in [0.05, 0.1) is 18.2 Å². The Hall–Kier alpha value is -3.19. The Morgan fingerprint density at radius 1 is 1.04 bits per heavy atom. The number of amides is 1. The summed E-state index contributed by atoms with van der Waals surface area (Å²) in [5, 5.41) is 2.61. The molecule has 138 valence electrons. The van der Waals surface area contributed by atoms with E-state index >= 15 is 0 Å². The summed E-state index contributed by atoms with van der Waals surface area (Å²) in [6, 6.07) is 12.5. The molecule has 1 fully saturated rings. The van der Waals surface area contributed by atoms with Crippen molar-refractivity contribution >= 4 is 17.9 Å². The molecule has 3 aromatic rings. The largest absolute Gasteiger partial charge is 0.354 e. The lowest BCUT2D eigenvalue weighted by atomic mass is 10.1. The van der Waals surface area contributed by atoms with E-state index in [9.17, 15) is 4.79 Å². The molecule has 0 unspecified atom stereocenters. The minimum absolute atomic E-state index is 0.664. The van der Waals surface area contributed by atoms with Gasteiger partial charge in [-0.15, -0.1) is 0 Å². The van der Waals surface area contributed by atoms with Crippen molar-refractivity contribution in [2.75, 3.05) is 36.4 Å². The third-order valence-corrected chi connectivity index (χ3v) is 4.81. The predicted molar refractivity (Wildman–Crippen MR) is 105 cm³/mol. The number of nitrogens with one attached hydrogen (secondary N) is 1. The topological polar surface area (TPSA) is 66.3 Å². The number of piperazine rings is 1. The van der Waals surface area contributed by atoms with Crippen molar-refractivity contribution in [3.05, 3.63) is 66.9 Å². The van der Waals surface area contributed by atoms with Crippen LogP contribution in [0.25, 0.3) is 5.69 Å². The molecule has 0 bridgehead atoms. The number of aromatic nitrogens is 3. The maximum Gasteiger partial charge on any atom is 0.211 e. The van der Waals surface area contributed by atoms with Crippen molar-refractivity contribution in [2.24, 2.45) is 0 Å². The van der Waals surface area contributed by atoms with Gasteiger partial charge in [0, 0.05) is 50.8 Å². The Bertz CT molecular complexity index is 853. The van der Waals surface area contributed by atoms with Crippen LogP contribution in [-0.2, 0) is 11.3 Å². The Kier molecular flexibility index (Phi) is 5.11. The number of rotatable bonds is 6. The lowest BCUT2D eigenvalue weighted by Gasteiger charge is -2.35. The molecule has 1 N–H and O–H groups in total. The van der Waals surface area contributed by atoms with Gasteiger partial charge in [0.15, 0.2) is 0 Å². The van der Waals surface area contributed by atoms with Gasteiger partial charge in [-0.3, -0.25) is 9.69 Å². The molecule has 0 radical (unpaired) electrons. The van der Waals surface area contributed by atoms with E-state index in [4.69, 9.17) is 0 Å². The van der Waals surface area contributed by atoms with Crippen LogP contribution in [0.15, 0.2) is 61.3 Å². The molecule has 0 spiro atoms. The third kappa shape index (κ3) is 4.15. The number of pyridine rings is 1. The van der Waals surface area contributed by atoms with E-state index in [2.05, 4.69) is 49.4 Å². The average molecular weight is 362 g/mol. The van der Waals surface area contributed by atoms with E-state index in [0.717, 1.165) is 44.2 Å². The van der Waals surface area contributed by atoms with E-state index in [1.54, 1.807) is 12.4 Å². The molecule has 0 atom stereocenters. The highest BCUT2D eigenvalue weighted by atomic mass is 16.1. The van der Waals surface area contributed by atoms with Gasteiger partial charge in [-0.2, -0.15) is 0 Å². The molecule has 0 saturated carbocycles. The molecule has 0 aliphatic carbocycles. The number of anilines is 2. The summed E-state index contributed by atoms with van der Waals surface area (Å²) in [7, 11) is 0. The van der Waals surface area contributed by atoms with Crippen molar-refractivity contribution in [2.45, 2.75) is 6.54 Å². The standard InChI is InChI=1S/C20H22N6O/c27-16-23-18-3-6-20(22-13-18)25-11-9-24(10-12-25)14-17-1-4-19(5-2-17)26-8-7-21-15-26/h1-8,13,15-16H,9-12,14H2,(H,23,27). The first-order valence-electron chi connectivity index (χ1n) is 9.02. The van der Waals surface area contributed by atoms with Crippen molar-refractivity contribution in [1.82, 2.24) is 19.4 Å². The van der Waals surface area contributed by atoms with Gasteiger partial charge >= 0.3 is 0 Å². The van der Waals surface area contributed by atoms with Gasteiger partial charge in [0.25, 0.3) is 0 Å². The third-order valence-electron chi connectivity index (χ3n) is 4.81. The van der Waals surface area contributed by atoms with E-state index < -0.39 is 0 Å². The fourth-order valence-corrected chi connectivity index (χ4v) is 3.31. The minimum atomic E-state index is 0.664. The first kappa shape index (κ1) is 17.2. The number of nitrogens with zero attached hydrogens (tertiary/aromatic N) is 5. The fraction of sp³-hybridized carbons (Fsp3) is 0.250. The Morgan fingerprint density at radius 2 is 1.85 bits per heavy atom. The second kappa shape index (κ2) is 8.01. The fourth-order valence-electron chi connectivity index (χ4n) is 3.31. The molecule has 27 heavy (non-hydrogen) atoms. The summed E-state index contributed by atoms with van der Waals surface area (Å²) in [5.74, 6) is 0.954. The highest BCUT2D eigenvalue weighted by Gasteiger charge is 2.18. The van der Waals surface area contributed by atoms with Crippen molar-refractivity contribution in [3.8, 4) is 5.69 Å². The normalized spacial score (nSPS) is 14.9. The highest BCUT2D eigenvalue weighted by Crippen LogP contribution is 2.17. The molecule has 4 rings (SSSR count). The average Bonchev–Trinajstić information content (AvgIpc) is 3.25. The van der Waals surface area contributed by atoms with Crippen LogP contribution >= 0.6 is 0 Å². The van der Waals surface area contributed by atoms with Gasteiger partial charge in [-0.1, -0.05) is 12.1 Å². The minimum Gasteiger partial charge on any atom is -0.354 e. The Labute approximate surface area is 158 Å². The molecule has 1 aliphatic rings. The lowest BCUT2D eigenvalue weighted by Crippen LogP contribution is -2.46. The first-order chi connectivity index (χ1) is 13.3. The summed E-state index contributed by atoms with van der Waals surface area (Å²) < 4.78 is 2.01. The molecule has 7 nitrogen and oxygen atoms in total. The Morgan fingerprint density at radius 3 is 2.48 bits per heavy atom. The smallest absolute Gasteiger partial charge is 0.211 e. The molecule has 2 aromatic heterocycles. The number of hydrogen-bond donors (Lipinski definition) is 1. The highest BCUT2D eigenvalue weighted by molar-refractivity contribution is 5.71. The summed E-state index contributed by atoms with van der Waals surface area (Å²) in [6.45, 7) is 4.84. The van der Waals surface area contributed by atoms with Gasteiger partial charge in [-0.25, -0.2) is 9.97 Å². The SMILES string of the molecule is O=CNc1ccc(N2CCN(Cc3ccc(-n4ccnc4)cc3)CC2)nc1. The van der Waals surface area contributed by atoms with Crippen molar-refractivity contribution in [3.63, 3.8) is 0 Å². The molecule has 7 heteroatoms. The molecule has 1 aromatic carbocycles. The first-order valence-corrected chi connectivity index (χ1v) is 9.02. The number of carbonyl (C=O) groups is 1. The summed E-state index contributed by atoms with van der Waals surface area (Å²) in [5.41, 5.74) is 3.15. The quantitative estimate of drug-likeness (QED) is 0.681. The summed E-state index contributed by atoms with van der Waals surface area (Å²) in [4.78, 5) is 23.7. The predicted octanol–water partition coefficient (Wildman–Crippen LogP) is 2.16. The van der Waals surface area contributed by atoms with Gasteiger partial charge in [0.2, 0.25) is 6.41 Å². The van der Waals surface area contributed by atoms with Gasteiger partial charge in [0.1, 0.15) is 5.82 Å². The van der Waals surface area contributed by atoms with Crippen LogP contribution in [0.1, 0.15) is 5.56 Å². The van der Waals surface area contributed by atoms with Gasteiger partial charge < -0.3 is 14.8 Å². The molecule has 1 amide bonds. The van der Waals surface area contributed by atoms with Crippen LogP contribution in [0.5, 0.6) is 0 Å². The summed E-state index contributed by atoms with van der Waals surface area (Å²) >= 11 is 0. The Balaban J connectivity index is 1.31. The number of benzene rings is 1. The van der Waals surface area contributed by atoms with E-state index in [1.165, 1.54) is 5.56 Å². The van der Waals surface area contributed by atoms with Crippen molar-refractivity contribution in [1.29, 1.82) is 0 Å². The van der Waals surface area contributed by atoms with Crippen LogP contribution in [-0.4, -0.2) is 52.0 Å². The number of carbonyl (C=O) groups excluding carboxylic acids is 1.